The fourth-order valence-corrected chi connectivity index (χ4v) is 2.59. The topological polar surface area (TPSA) is 41.3 Å². The average molecular weight is 197 g/mol. The van der Waals surface area contributed by atoms with Gasteiger partial charge in [0, 0.05) is 19.1 Å². The smallest absolute Gasteiger partial charge is 0.0207 e. The normalized spacial score (nSPS) is 31.7. The fourth-order valence-electron chi connectivity index (χ4n) is 2.59. The minimum absolute atomic E-state index is 0.459. The fraction of sp³-hybridized carbons (Fsp3) is 1.00. The number of likely N-dealkylation sites (tertiary alicyclic amines) is 1. The molecule has 1 unspecified atom stereocenters. The predicted octanol–water partition coefficient (Wildman–Crippen LogP) is 0.409. The largest absolute Gasteiger partial charge is 0.330 e. The zero-order chi connectivity index (χ0) is 10.0. The number of likely N-dealkylation sites (N-methyl/N-ethyl adjacent to an activating group) is 1. The van der Waals surface area contributed by atoms with Gasteiger partial charge < -0.3 is 16.0 Å². The standard InChI is InChI=1S/C11H23N3/c1-14-6-3-10(7-14)13-9-11(8-12)4-2-5-11/h10,13H,2-9,12H2,1H3. The van der Waals surface area contributed by atoms with Crippen molar-refractivity contribution < 1.29 is 0 Å². The van der Waals surface area contributed by atoms with E-state index in [1.165, 1.54) is 38.8 Å². The second kappa shape index (κ2) is 4.17. The first-order chi connectivity index (χ1) is 6.74. The van der Waals surface area contributed by atoms with E-state index in [1.54, 1.807) is 0 Å². The molecule has 3 heteroatoms. The average Bonchev–Trinajstić information content (AvgIpc) is 2.50. The molecule has 1 saturated carbocycles. The quantitative estimate of drug-likeness (QED) is 0.686. The molecule has 1 saturated heterocycles. The summed E-state index contributed by atoms with van der Waals surface area (Å²) >= 11 is 0. The van der Waals surface area contributed by atoms with Crippen LogP contribution < -0.4 is 11.1 Å². The van der Waals surface area contributed by atoms with Gasteiger partial charge in [0.15, 0.2) is 0 Å². The molecule has 2 fully saturated rings. The van der Waals surface area contributed by atoms with E-state index in [0.29, 0.717) is 11.5 Å². The van der Waals surface area contributed by atoms with E-state index in [-0.39, 0.29) is 0 Å². The van der Waals surface area contributed by atoms with E-state index in [1.807, 2.05) is 0 Å². The van der Waals surface area contributed by atoms with Crippen molar-refractivity contribution in [1.29, 1.82) is 0 Å². The lowest BCUT2D eigenvalue weighted by atomic mass is 9.68. The van der Waals surface area contributed by atoms with Crippen LogP contribution in [0, 0.1) is 5.41 Å². The number of hydrogen-bond donors (Lipinski definition) is 2. The van der Waals surface area contributed by atoms with Gasteiger partial charge >= 0.3 is 0 Å². The van der Waals surface area contributed by atoms with Crippen LogP contribution in [0.1, 0.15) is 25.7 Å². The molecule has 0 aromatic carbocycles. The molecule has 1 heterocycles. The Balaban J connectivity index is 1.71. The molecule has 2 aliphatic rings. The highest BCUT2D eigenvalue weighted by Crippen LogP contribution is 2.39. The molecule has 14 heavy (non-hydrogen) atoms. The summed E-state index contributed by atoms with van der Waals surface area (Å²) in [6.07, 6.45) is 5.35. The van der Waals surface area contributed by atoms with Gasteiger partial charge in [-0.05, 0) is 44.8 Å². The molecule has 0 spiro atoms. The monoisotopic (exact) mass is 197 g/mol. The third kappa shape index (κ3) is 2.10. The molecular weight excluding hydrogens is 174 g/mol. The molecule has 0 aromatic rings. The van der Waals surface area contributed by atoms with Crippen LogP contribution in [0.25, 0.3) is 0 Å². The molecule has 1 atom stereocenters. The van der Waals surface area contributed by atoms with E-state index in [9.17, 15) is 0 Å². The van der Waals surface area contributed by atoms with E-state index in [0.717, 1.165) is 13.1 Å². The lowest BCUT2D eigenvalue weighted by Crippen LogP contribution is -2.48. The van der Waals surface area contributed by atoms with Gasteiger partial charge in [-0.1, -0.05) is 6.42 Å². The van der Waals surface area contributed by atoms with Gasteiger partial charge in [-0.15, -0.1) is 0 Å². The minimum Gasteiger partial charge on any atom is -0.330 e. The summed E-state index contributed by atoms with van der Waals surface area (Å²) in [6.45, 7) is 4.46. The Hall–Kier alpha value is -0.120. The van der Waals surface area contributed by atoms with Crippen LogP contribution in [0.15, 0.2) is 0 Å². The number of nitrogens with zero attached hydrogens (tertiary/aromatic N) is 1. The lowest BCUT2D eigenvalue weighted by Gasteiger charge is -2.41. The maximum Gasteiger partial charge on any atom is 0.0207 e. The van der Waals surface area contributed by atoms with Crippen molar-refractivity contribution in [2.24, 2.45) is 11.1 Å². The molecule has 0 aromatic heterocycles. The van der Waals surface area contributed by atoms with Crippen LogP contribution in [0.2, 0.25) is 0 Å². The first-order valence-corrected chi connectivity index (χ1v) is 5.86. The summed E-state index contributed by atoms with van der Waals surface area (Å²) in [5.74, 6) is 0. The van der Waals surface area contributed by atoms with Gasteiger partial charge in [-0.2, -0.15) is 0 Å². The Morgan fingerprint density at radius 1 is 1.50 bits per heavy atom. The summed E-state index contributed by atoms with van der Waals surface area (Å²) in [5, 5.41) is 3.68. The second-order valence-corrected chi connectivity index (χ2v) is 5.19. The van der Waals surface area contributed by atoms with Gasteiger partial charge in [0.2, 0.25) is 0 Å². The first kappa shape index (κ1) is 10.4. The van der Waals surface area contributed by atoms with E-state index in [4.69, 9.17) is 5.73 Å². The zero-order valence-electron chi connectivity index (χ0n) is 9.26. The Morgan fingerprint density at radius 2 is 2.29 bits per heavy atom. The first-order valence-electron chi connectivity index (χ1n) is 5.86. The minimum atomic E-state index is 0.459. The number of hydrogen-bond acceptors (Lipinski definition) is 3. The van der Waals surface area contributed by atoms with E-state index in [2.05, 4.69) is 17.3 Å². The summed E-state index contributed by atoms with van der Waals surface area (Å²) in [6, 6.07) is 0.712. The highest BCUT2D eigenvalue weighted by atomic mass is 15.2. The van der Waals surface area contributed by atoms with Crippen LogP contribution in [0.3, 0.4) is 0 Å². The molecule has 0 bridgehead atoms. The van der Waals surface area contributed by atoms with E-state index >= 15 is 0 Å². The molecule has 2 rings (SSSR count). The van der Waals surface area contributed by atoms with Crippen molar-refractivity contribution in [1.82, 2.24) is 10.2 Å². The molecule has 0 radical (unpaired) electrons. The zero-order valence-corrected chi connectivity index (χ0v) is 9.26. The van der Waals surface area contributed by atoms with E-state index < -0.39 is 0 Å². The maximum atomic E-state index is 5.83. The van der Waals surface area contributed by atoms with Crippen LogP contribution in [0.4, 0.5) is 0 Å². The van der Waals surface area contributed by atoms with Crippen LogP contribution >= 0.6 is 0 Å². The SMILES string of the molecule is CN1CCC(NCC2(CN)CCC2)C1. The number of nitrogens with two attached hydrogens (primary N) is 1. The van der Waals surface area contributed by atoms with Gasteiger partial charge in [0.1, 0.15) is 0 Å². The van der Waals surface area contributed by atoms with Crippen molar-refractivity contribution in [3.05, 3.63) is 0 Å². The number of rotatable bonds is 4. The summed E-state index contributed by atoms with van der Waals surface area (Å²) in [7, 11) is 2.20. The van der Waals surface area contributed by atoms with Crippen molar-refractivity contribution in [2.45, 2.75) is 31.7 Å². The summed E-state index contributed by atoms with van der Waals surface area (Å²) < 4.78 is 0. The number of nitrogens with one attached hydrogen (secondary N) is 1. The Labute approximate surface area is 87.0 Å². The van der Waals surface area contributed by atoms with Crippen molar-refractivity contribution in [2.75, 3.05) is 33.2 Å². The van der Waals surface area contributed by atoms with Gasteiger partial charge in [0.25, 0.3) is 0 Å². The van der Waals surface area contributed by atoms with Crippen LogP contribution in [-0.4, -0.2) is 44.2 Å². The Morgan fingerprint density at radius 3 is 2.71 bits per heavy atom. The third-order valence-corrected chi connectivity index (χ3v) is 4.00. The summed E-state index contributed by atoms with van der Waals surface area (Å²) in [5.41, 5.74) is 6.29. The van der Waals surface area contributed by atoms with Gasteiger partial charge in [-0.25, -0.2) is 0 Å². The second-order valence-electron chi connectivity index (χ2n) is 5.19. The Kier molecular flexibility index (Phi) is 3.10. The van der Waals surface area contributed by atoms with Crippen LogP contribution in [-0.2, 0) is 0 Å². The lowest BCUT2D eigenvalue weighted by molar-refractivity contribution is 0.136. The van der Waals surface area contributed by atoms with Gasteiger partial charge in [0.05, 0.1) is 0 Å². The highest BCUT2D eigenvalue weighted by Gasteiger charge is 2.36. The van der Waals surface area contributed by atoms with Crippen LogP contribution in [0.5, 0.6) is 0 Å². The summed E-state index contributed by atoms with van der Waals surface area (Å²) in [4.78, 5) is 2.40. The molecule has 3 nitrogen and oxygen atoms in total. The van der Waals surface area contributed by atoms with Crippen molar-refractivity contribution in [3.8, 4) is 0 Å². The maximum absolute atomic E-state index is 5.83. The molecular formula is C11H23N3. The Bertz CT molecular complexity index is 183. The highest BCUT2D eigenvalue weighted by molar-refractivity contribution is 4.92. The third-order valence-electron chi connectivity index (χ3n) is 4.00. The van der Waals surface area contributed by atoms with Gasteiger partial charge in [-0.3, -0.25) is 0 Å². The predicted molar refractivity (Wildman–Crippen MR) is 59.2 cm³/mol. The van der Waals surface area contributed by atoms with Crippen molar-refractivity contribution >= 4 is 0 Å². The van der Waals surface area contributed by atoms with Crippen molar-refractivity contribution in [3.63, 3.8) is 0 Å². The molecule has 1 aliphatic carbocycles. The molecule has 82 valence electrons. The molecule has 1 aliphatic heterocycles. The molecule has 3 N–H and O–H groups in total. The molecule has 0 amide bonds.